The van der Waals surface area contributed by atoms with Gasteiger partial charge in [0, 0.05) is 0 Å². The second-order valence-corrected chi connectivity index (χ2v) is 6.13. The lowest BCUT2D eigenvalue weighted by Gasteiger charge is -2.34. The molecule has 2 heteroatoms. The number of hydrogen-bond acceptors (Lipinski definition) is 2. The van der Waals surface area contributed by atoms with E-state index in [4.69, 9.17) is 9.84 Å². The van der Waals surface area contributed by atoms with Crippen molar-refractivity contribution >= 4 is 0 Å². The van der Waals surface area contributed by atoms with E-state index in [9.17, 15) is 0 Å². The van der Waals surface area contributed by atoms with Crippen LogP contribution in [-0.2, 0) is 4.74 Å². The van der Waals surface area contributed by atoms with E-state index in [1.54, 1.807) is 0 Å². The van der Waals surface area contributed by atoms with Gasteiger partial charge >= 0.3 is 0 Å². The smallest absolute Gasteiger partial charge is 0.0705 e. The van der Waals surface area contributed by atoms with Gasteiger partial charge in [-0.3, -0.25) is 0 Å². The molecule has 0 spiro atoms. The van der Waals surface area contributed by atoms with Gasteiger partial charge in [-0.1, -0.05) is 78.6 Å². The van der Waals surface area contributed by atoms with Crippen LogP contribution in [0.15, 0.2) is 0 Å². The molecule has 0 radical (unpaired) electrons. The molecule has 0 aromatic rings. The van der Waals surface area contributed by atoms with Gasteiger partial charge in [0.1, 0.15) is 0 Å². The molecule has 0 unspecified atom stereocenters. The van der Waals surface area contributed by atoms with Crippen LogP contribution in [0.1, 0.15) is 97.8 Å². The maximum absolute atomic E-state index is 9.12. The second kappa shape index (κ2) is 13.9. The Bertz CT molecular complexity index is 165. The molecule has 122 valence electrons. The first kappa shape index (κ1) is 19.9. The van der Waals surface area contributed by atoms with Gasteiger partial charge in [-0.25, -0.2) is 0 Å². The quantitative estimate of drug-likeness (QED) is 0.404. The van der Waals surface area contributed by atoms with Crippen LogP contribution in [-0.4, -0.2) is 23.9 Å². The zero-order valence-corrected chi connectivity index (χ0v) is 14.3. The Hall–Kier alpha value is -0.0800. The SMILES string of the molecule is CCCCCC(CCCCC)(CCCCC)OCCO. The molecule has 0 saturated carbocycles. The Labute approximate surface area is 127 Å². The molecular formula is C18H38O2. The van der Waals surface area contributed by atoms with Gasteiger partial charge < -0.3 is 9.84 Å². The van der Waals surface area contributed by atoms with Crippen LogP contribution in [0.2, 0.25) is 0 Å². The predicted molar refractivity (Wildman–Crippen MR) is 88.2 cm³/mol. The molecule has 0 aliphatic carbocycles. The summed E-state index contributed by atoms with van der Waals surface area (Å²) in [5, 5.41) is 9.12. The third-order valence-corrected chi connectivity index (χ3v) is 4.21. The lowest BCUT2D eigenvalue weighted by atomic mass is 9.85. The molecule has 0 fully saturated rings. The summed E-state index contributed by atoms with van der Waals surface area (Å²) in [6.07, 6.45) is 15.0. The fourth-order valence-electron chi connectivity index (χ4n) is 2.95. The van der Waals surface area contributed by atoms with Gasteiger partial charge in [0.2, 0.25) is 0 Å². The molecular weight excluding hydrogens is 248 g/mol. The van der Waals surface area contributed by atoms with E-state index in [1.165, 1.54) is 77.0 Å². The fourth-order valence-corrected chi connectivity index (χ4v) is 2.95. The summed E-state index contributed by atoms with van der Waals surface area (Å²) in [4.78, 5) is 0. The summed E-state index contributed by atoms with van der Waals surface area (Å²) in [7, 11) is 0. The Balaban J connectivity index is 4.48. The summed E-state index contributed by atoms with van der Waals surface area (Å²) in [5.41, 5.74) is 0.0439. The van der Waals surface area contributed by atoms with E-state index < -0.39 is 0 Å². The van der Waals surface area contributed by atoms with Crippen molar-refractivity contribution in [3.05, 3.63) is 0 Å². The zero-order valence-electron chi connectivity index (χ0n) is 14.3. The van der Waals surface area contributed by atoms with Crippen molar-refractivity contribution in [3.63, 3.8) is 0 Å². The first-order chi connectivity index (χ1) is 9.74. The van der Waals surface area contributed by atoms with Crippen LogP contribution in [0.4, 0.5) is 0 Å². The van der Waals surface area contributed by atoms with Crippen molar-refractivity contribution in [2.75, 3.05) is 13.2 Å². The molecule has 20 heavy (non-hydrogen) atoms. The lowest BCUT2D eigenvalue weighted by Crippen LogP contribution is -2.34. The summed E-state index contributed by atoms with van der Waals surface area (Å²) < 4.78 is 6.17. The van der Waals surface area contributed by atoms with Crippen molar-refractivity contribution < 1.29 is 9.84 Å². The minimum atomic E-state index is 0.0439. The highest BCUT2D eigenvalue weighted by atomic mass is 16.5. The number of aliphatic hydroxyl groups is 1. The van der Waals surface area contributed by atoms with E-state index >= 15 is 0 Å². The minimum absolute atomic E-state index is 0.0439. The van der Waals surface area contributed by atoms with Gasteiger partial charge in [-0.2, -0.15) is 0 Å². The second-order valence-electron chi connectivity index (χ2n) is 6.13. The number of hydrogen-bond donors (Lipinski definition) is 1. The molecule has 0 aromatic carbocycles. The van der Waals surface area contributed by atoms with Crippen LogP contribution >= 0.6 is 0 Å². The summed E-state index contributed by atoms with van der Waals surface area (Å²) in [5.74, 6) is 0. The topological polar surface area (TPSA) is 29.5 Å². The van der Waals surface area contributed by atoms with Crippen LogP contribution in [0.25, 0.3) is 0 Å². The van der Waals surface area contributed by atoms with E-state index in [-0.39, 0.29) is 12.2 Å². The van der Waals surface area contributed by atoms with Crippen molar-refractivity contribution in [2.45, 2.75) is 103 Å². The highest BCUT2D eigenvalue weighted by molar-refractivity contribution is 4.81. The molecule has 0 rings (SSSR count). The molecule has 0 aliphatic heterocycles. The monoisotopic (exact) mass is 286 g/mol. The van der Waals surface area contributed by atoms with Crippen LogP contribution < -0.4 is 0 Å². The van der Waals surface area contributed by atoms with Gasteiger partial charge in [0.25, 0.3) is 0 Å². The van der Waals surface area contributed by atoms with Gasteiger partial charge in [-0.15, -0.1) is 0 Å². The van der Waals surface area contributed by atoms with Crippen LogP contribution in [0, 0.1) is 0 Å². The molecule has 0 heterocycles. The number of unbranched alkanes of at least 4 members (excludes halogenated alkanes) is 6. The highest BCUT2D eigenvalue weighted by Gasteiger charge is 2.29. The predicted octanol–water partition coefficient (Wildman–Crippen LogP) is 5.48. The van der Waals surface area contributed by atoms with Crippen LogP contribution in [0.3, 0.4) is 0 Å². The van der Waals surface area contributed by atoms with Crippen molar-refractivity contribution in [3.8, 4) is 0 Å². The zero-order chi connectivity index (χ0) is 15.1. The number of aliphatic hydroxyl groups excluding tert-OH is 1. The maximum Gasteiger partial charge on any atom is 0.0705 e. The van der Waals surface area contributed by atoms with Crippen molar-refractivity contribution in [1.29, 1.82) is 0 Å². The number of rotatable bonds is 15. The minimum Gasteiger partial charge on any atom is -0.394 e. The Morgan fingerprint density at radius 2 is 1.10 bits per heavy atom. The van der Waals surface area contributed by atoms with E-state index in [0.717, 1.165) is 0 Å². The molecule has 0 bridgehead atoms. The van der Waals surface area contributed by atoms with E-state index in [1.807, 2.05) is 0 Å². The van der Waals surface area contributed by atoms with Crippen LogP contribution in [0.5, 0.6) is 0 Å². The summed E-state index contributed by atoms with van der Waals surface area (Å²) in [6.45, 7) is 7.42. The standard InChI is InChI=1S/C18H38O2/c1-4-7-10-13-18(20-17-16-19,14-11-8-5-2)15-12-9-6-3/h19H,4-17H2,1-3H3. The van der Waals surface area contributed by atoms with Gasteiger partial charge in [0.15, 0.2) is 0 Å². The summed E-state index contributed by atoms with van der Waals surface area (Å²) >= 11 is 0. The largest absolute Gasteiger partial charge is 0.394 e. The van der Waals surface area contributed by atoms with Gasteiger partial charge in [0.05, 0.1) is 18.8 Å². The molecule has 1 N–H and O–H groups in total. The third kappa shape index (κ3) is 9.77. The maximum atomic E-state index is 9.12. The number of ether oxygens (including phenoxy) is 1. The Kier molecular flexibility index (Phi) is 13.8. The van der Waals surface area contributed by atoms with Crippen molar-refractivity contribution in [2.24, 2.45) is 0 Å². The molecule has 2 nitrogen and oxygen atoms in total. The third-order valence-electron chi connectivity index (χ3n) is 4.21. The lowest BCUT2D eigenvalue weighted by molar-refractivity contribution is -0.0783. The molecule has 0 aromatic heterocycles. The average molecular weight is 286 g/mol. The Morgan fingerprint density at radius 1 is 0.700 bits per heavy atom. The molecule has 0 atom stereocenters. The highest BCUT2D eigenvalue weighted by Crippen LogP contribution is 2.32. The normalized spacial score (nSPS) is 12.0. The Morgan fingerprint density at radius 3 is 1.40 bits per heavy atom. The molecule has 0 amide bonds. The first-order valence-corrected chi connectivity index (χ1v) is 8.99. The van der Waals surface area contributed by atoms with Gasteiger partial charge in [-0.05, 0) is 19.3 Å². The molecule has 0 aliphatic rings. The fraction of sp³-hybridized carbons (Fsp3) is 1.00. The first-order valence-electron chi connectivity index (χ1n) is 8.99. The van der Waals surface area contributed by atoms with E-state index in [0.29, 0.717) is 6.61 Å². The summed E-state index contributed by atoms with van der Waals surface area (Å²) in [6, 6.07) is 0. The average Bonchev–Trinajstić information content (AvgIpc) is 2.46. The van der Waals surface area contributed by atoms with E-state index in [2.05, 4.69) is 20.8 Å². The molecule has 0 saturated heterocycles. The van der Waals surface area contributed by atoms with Crippen molar-refractivity contribution in [1.82, 2.24) is 0 Å².